The number of anilines is 2. The molecule has 3 heterocycles. The Morgan fingerprint density at radius 1 is 1.19 bits per heavy atom. The van der Waals surface area contributed by atoms with Crippen LogP contribution in [0.25, 0.3) is 5.65 Å². The Morgan fingerprint density at radius 3 is 2.72 bits per heavy atom. The number of hydrogen-bond acceptors (Lipinski definition) is 5. The molecule has 2 amide bonds. The Labute approximate surface area is 178 Å². The number of carbonyl (C=O) groups is 2. The number of amides is 2. The third kappa shape index (κ3) is 3.61. The predicted molar refractivity (Wildman–Crippen MR) is 104 cm³/mol. The molecular weight excluding hydrogens is 432 g/mol. The van der Waals surface area contributed by atoms with Crippen LogP contribution in [0.3, 0.4) is 0 Å². The van der Waals surface area contributed by atoms with E-state index < -0.39 is 41.9 Å². The Kier molecular flexibility index (Phi) is 4.72. The van der Waals surface area contributed by atoms with Crippen LogP contribution < -0.4 is 15.5 Å². The fourth-order valence-electron chi connectivity index (χ4n) is 3.77. The van der Waals surface area contributed by atoms with E-state index in [9.17, 15) is 27.2 Å². The Bertz CT molecular complexity index is 1250. The fraction of sp³-hybridized carbons (Fsp3) is 0.300. The third-order valence-corrected chi connectivity index (χ3v) is 5.45. The summed E-state index contributed by atoms with van der Waals surface area (Å²) in [5, 5.41) is 8.28. The molecule has 12 heteroatoms. The maximum Gasteiger partial charge on any atom is 0.319 e. The van der Waals surface area contributed by atoms with E-state index in [1.54, 1.807) is 0 Å². The molecule has 2 fully saturated rings. The molecule has 3 aromatic rings. The molecular formula is C20H16F4N6O2. The number of ketones is 1. The molecule has 1 saturated carbocycles. The molecule has 2 N–H and O–H groups in total. The van der Waals surface area contributed by atoms with Crippen molar-refractivity contribution < 1.29 is 27.2 Å². The predicted octanol–water partition coefficient (Wildman–Crippen LogP) is 2.90. The third-order valence-electron chi connectivity index (χ3n) is 5.45. The molecule has 5 rings (SSSR count). The van der Waals surface area contributed by atoms with Crippen LogP contribution >= 0.6 is 0 Å². The highest BCUT2D eigenvalue weighted by atomic mass is 19.1. The van der Waals surface area contributed by atoms with E-state index in [0.29, 0.717) is 0 Å². The second-order valence-electron chi connectivity index (χ2n) is 7.73. The SMILES string of the molecule is O=C1CC(c2cc(F)ccc2F)N(c2ccn3nc(F)c(NC(=O)N[C@H]4C[C@H]4F)c3n2)C1. The van der Waals surface area contributed by atoms with Gasteiger partial charge < -0.3 is 15.5 Å². The standard InChI is InChI=1S/C20H16F4N6O2/c21-9-1-2-12(22)11(5-9)15-6-10(31)8-29(15)16-3-4-30-19(26-16)17(18(24)28-30)27-20(32)25-14-7-13(14)23/h1-5,13-15H,6-8H2,(H2,25,27,32)/t13-,14+,15?/m1/s1. The van der Waals surface area contributed by atoms with Crippen LogP contribution in [0.2, 0.25) is 0 Å². The van der Waals surface area contributed by atoms with Gasteiger partial charge in [-0.15, -0.1) is 5.10 Å². The van der Waals surface area contributed by atoms with Gasteiger partial charge in [-0.05, 0) is 24.3 Å². The average Bonchev–Trinajstić information content (AvgIpc) is 3.15. The first-order valence-corrected chi connectivity index (χ1v) is 9.80. The van der Waals surface area contributed by atoms with Crippen molar-refractivity contribution in [2.24, 2.45) is 0 Å². The number of carbonyl (C=O) groups excluding carboxylic acids is 2. The van der Waals surface area contributed by atoms with Crippen molar-refractivity contribution in [3.05, 3.63) is 53.6 Å². The van der Waals surface area contributed by atoms with E-state index in [2.05, 4.69) is 20.7 Å². The second-order valence-corrected chi connectivity index (χ2v) is 7.73. The number of halogens is 4. The van der Waals surface area contributed by atoms with E-state index in [1.165, 1.54) is 17.2 Å². The lowest BCUT2D eigenvalue weighted by Gasteiger charge is -2.25. The zero-order valence-corrected chi connectivity index (χ0v) is 16.4. The number of fused-ring (bicyclic) bond motifs is 1. The van der Waals surface area contributed by atoms with Gasteiger partial charge >= 0.3 is 6.03 Å². The summed E-state index contributed by atoms with van der Waals surface area (Å²) in [6, 6.07) is 2.19. The van der Waals surface area contributed by atoms with E-state index in [4.69, 9.17) is 0 Å². The number of nitrogens with one attached hydrogen (secondary N) is 2. The molecule has 2 aromatic heterocycles. The molecule has 0 bridgehead atoms. The van der Waals surface area contributed by atoms with Crippen molar-refractivity contribution in [2.75, 3.05) is 16.8 Å². The van der Waals surface area contributed by atoms with Crippen LogP contribution in [-0.2, 0) is 4.79 Å². The lowest BCUT2D eigenvalue weighted by Crippen LogP contribution is -2.32. The number of hydrogen-bond donors (Lipinski definition) is 2. The molecule has 1 saturated heterocycles. The van der Waals surface area contributed by atoms with Crippen LogP contribution in [-0.4, -0.2) is 45.2 Å². The highest BCUT2D eigenvalue weighted by molar-refractivity contribution is 5.94. The molecule has 1 unspecified atom stereocenters. The number of benzene rings is 1. The van der Waals surface area contributed by atoms with E-state index >= 15 is 0 Å². The van der Waals surface area contributed by atoms with Gasteiger partial charge in [0.1, 0.15) is 29.3 Å². The van der Waals surface area contributed by atoms with Crippen LogP contribution in [0, 0.1) is 17.6 Å². The lowest BCUT2D eigenvalue weighted by molar-refractivity contribution is -0.116. The van der Waals surface area contributed by atoms with E-state index in [-0.39, 0.29) is 47.9 Å². The fourth-order valence-corrected chi connectivity index (χ4v) is 3.77. The highest BCUT2D eigenvalue weighted by Crippen LogP contribution is 2.36. The first kappa shape index (κ1) is 20.2. The maximum atomic E-state index is 14.4. The molecule has 0 radical (unpaired) electrons. The van der Waals surface area contributed by atoms with Gasteiger partial charge in [0.15, 0.2) is 11.4 Å². The summed E-state index contributed by atoms with van der Waals surface area (Å²) < 4.78 is 56.5. The van der Waals surface area contributed by atoms with E-state index in [0.717, 1.165) is 22.7 Å². The van der Waals surface area contributed by atoms with Crippen molar-refractivity contribution in [3.8, 4) is 0 Å². The number of alkyl halides is 1. The van der Waals surface area contributed by atoms with Crippen LogP contribution in [0.5, 0.6) is 0 Å². The van der Waals surface area contributed by atoms with Crippen molar-refractivity contribution in [3.63, 3.8) is 0 Å². The molecule has 32 heavy (non-hydrogen) atoms. The van der Waals surface area contributed by atoms with Crippen molar-refractivity contribution in [1.82, 2.24) is 19.9 Å². The Balaban J connectivity index is 1.48. The second kappa shape index (κ2) is 7.46. The lowest BCUT2D eigenvalue weighted by atomic mass is 10.0. The van der Waals surface area contributed by atoms with Gasteiger partial charge in [-0.25, -0.2) is 27.5 Å². The average molecular weight is 448 g/mol. The van der Waals surface area contributed by atoms with Gasteiger partial charge in [0.05, 0.1) is 18.6 Å². The summed E-state index contributed by atoms with van der Waals surface area (Å²) in [5.74, 6) is -2.35. The topological polar surface area (TPSA) is 91.6 Å². The minimum atomic E-state index is -1.13. The van der Waals surface area contributed by atoms with Gasteiger partial charge in [-0.2, -0.15) is 4.39 Å². The summed E-state index contributed by atoms with van der Waals surface area (Å²) in [4.78, 5) is 30.0. The molecule has 8 nitrogen and oxygen atoms in total. The van der Waals surface area contributed by atoms with Crippen molar-refractivity contribution in [2.45, 2.75) is 31.1 Å². The molecule has 3 atom stereocenters. The summed E-state index contributed by atoms with van der Waals surface area (Å²) >= 11 is 0. The molecule has 1 aromatic carbocycles. The summed E-state index contributed by atoms with van der Waals surface area (Å²) in [5.41, 5.74) is -0.403. The van der Waals surface area contributed by atoms with Crippen molar-refractivity contribution >= 4 is 29.0 Å². The molecule has 1 aliphatic carbocycles. The zero-order valence-electron chi connectivity index (χ0n) is 16.4. The zero-order chi connectivity index (χ0) is 22.6. The molecule has 2 aliphatic rings. The van der Waals surface area contributed by atoms with Gasteiger partial charge in [0, 0.05) is 24.6 Å². The molecule has 166 valence electrons. The largest absolute Gasteiger partial charge is 0.342 e. The first-order valence-electron chi connectivity index (χ1n) is 9.80. The number of nitrogens with zero attached hydrogens (tertiary/aromatic N) is 4. The van der Waals surface area contributed by atoms with Crippen molar-refractivity contribution in [1.29, 1.82) is 0 Å². The Morgan fingerprint density at radius 2 is 1.97 bits per heavy atom. The van der Waals surface area contributed by atoms with Gasteiger partial charge in [-0.3, -0.25) is 4.79 Å². The quantitative estimate of drug-likeness (QED) is 0.599. The van der Waals surface area contributed by atoms with Crippen LogP contribution in [0.4, 0.5) is 33.9 Å². The highest BCUT2D eigenvalue weighted by Gasteiger charge is 2.39. The van der Waals surface area contributed by atoms with Crippen LogP contribution in [0.15, 0.2) is 30.5 Å². The normalized spacial score (nSPS) is 22.4. The van der Waals surface area contributed by atoms with E-state index in [1.807, 2.05) is 0 Å². The first-order chi connectivity index (χ1) is 15.3. The summed E-state index contributed by atoms with van der Waals surface area (Å²) in [6.45, 7) is -0.108. The number of aromatic nitrogens is 3. The van der Waals surface area contributed by atoms with Crippen LogP contribution in [0.1, 0.15) is 24.4 Å². The minimum Gasteiger partial charge on any atom is -0.342 e. The maximum absolute atomic E-state index is 14.4. The Hall–Kier alpha value is -3.70. The van der Waals surface area contributed by atoms with Gasteiger partial charge in [0.2, 0.25) is 0 Å². The minimum absolute atomic E-state index is 0.000137. The smallest absolute Gasteiger partial charge is 0.319 e. The number of Topliss-reactive ketones (excluding diaryl/α,β-unsaturated/α-hetero) is 1. The molecule has 1 aliphatic heterocycles. The summed E-state index contributed by atoms with van der Waals surface area (Å²) in [7, 11) is 0. The number of urea groups is 1. The van der Waals surface area contributed by atoms with Gasteiger partial charge in [0.25, 0.3) is 5.95 Å². The summed E-state index contributed by atoms with van der Waals surface area (Å²) in [6.07, 6.45) is 0.366. The molecule has 0 spiro atoms. The van der Waals surface area contributed by atoms with Gasteiger partial charge in [-0.1, -0.05) is 0 Å². The monoisotopic (exact) mass is 448 g/mol. The number of rotatable bonds is 4.